The largest absolute Gasteiger partial charge is 0.464 e. The van der Waals surface area contributed by atoms with Crippen molar-refractivity contribution in [2.45, 2.75) is 32.4 Å². The van der Waals surface area contributed by atoms with E-state index in [1.54, 1.807) is 13.0 Å². The minimum atomic E-state index is -0.847. The number of thiazole rings is 1. The smallest absolute Gasteiger partial charge is 0.357 e. The number of hydrogen-bond donors (Lipinski definition) is 2. The van der Waals surface area contributed by atoms with Gasteiger partial charge in [0, 0.05) is 11.3 Å². The predicted molar refractivity (Wildman–Crippen MR) is 105 cm³/mol. The quantitative estimate of drug-likeness (QED) is 0.510. The average molecular weight is 434 g/mol. The second-order valence-electron chi connectivity index (χ2n) is 6.56. The lowest BCUT2D eigenvalue weighted by atomic mass is 10.1. The van der Waals surface area contributed by atoms with Crippen LogP contribution in [0.2, 0.25) is 0 Å². The molecule has 2 heterocycles. The Kier molecular flexibility index (Phi) is 6.40. The van der Waals surface area contributed by atoms with Crippen LogP contribution in [-0.4, -0.2) is 46.9 Å². The number of methoxy groups -OCH3 is 1. The van der Waals surface area contributed by atoms with Crippen molar-refractivity contribution in [2.24, 2.45) is 0 Å². The number of benzene rings is 1. The number of nitrogens with one attached hydrogen (secondary N) is 2. The fraction of sp³-hybridized carbons (Fsp3) is 0.316. The highest BCUT2D eigenvalue weighted by Crippen LogP contribution is 2.23. The number of rotatable bonds is 7. The van der Waals surface area contributed by atoms with Crippen LogP contribution in [0.5, 0.6) is 0 Å². The summed E-state index contributed by atoms with van der Waals surface area (Å²) in [7, 11) is 1.24. The summed E-state index contributed by atoms with van der Waals surface area (Å²) in [5, 5.41) is 5.35. The summed E-state index contributed by atoms with van der Waals surface area (Å²) in [6.07, 6.45) is 0.0426. The predicted octanol–water partition coefficient (Wildman–Crippen LogP) is 2.22. The Labute approximate surface area is 175 Å². The van der Waals surface area contributed by atoms with Gasteiger partial charge in [-0.15, -0.1) is 11.3 Å². The van der Waals surface area contributed by atoms with Crippen molar-refractivity contribution >= 4 is 40.3 Å². The molecule has 0 bridgehead atoms. The molecule has 158 valence electrons. The van der Waals surface area contributed by atoms with Crippen LogP contribution in [0.25, 0.3) is 0 Å². The molecule has 1 aliphatic heterocycles. The van der Waals surface area contributed by atoms with Crippen LogP contribution in [-0.2, 0) is 20.9 Å². The molecule has 11 heteroatoms. The molecule has 1 aliphatic rings. The zero-order valence-corrected chi connectivity index (χ0v) is 17.0. The minimum absolute atomic E-state index is 0.0450. The molecule has 1 atom stereocenters. The van der Waals surface area contributed by atoms with Crippen molar-refractivity contribution < 1.29 is 28.3 Å². The van der Waals surface area contributed by atoms with E-state index in [0.29, 0.717) is 10.4 Å². The van der Waals surface area contributed by atoms with Gasteiger partial charge in [0.2, 0.25) is 5.91 Å². The first-order valence-corrected chi connectivity index (χ1v) is 9.82. The Morgan fingerprint density at radius 3 is 2.83 bits per heavy atom. The van der Waals surface area contributed by atoms with E-state index in [4.69, 9.17) is 0 Å². The molecule has 4 amide bonds. The van der Waals surface area contributed by atoms with Crippen molar-refractivity contribution in [3.63, 3.8) is 0 Å². The number of carbonyl (C=O) groups excluding carboxylic acids is 4. The molecule has 3 rings (SSSR count). The Hall–Kier alpha value is -3.34. The summed E-state index contributed by atoms with van der Waals surface area (Å²) in [5.74, 6) is -1.94. The number of nitrogens with zero attached hydrogens (tertiary/aromatic N) is 2. The maximum absolute atomic E-state index is 13.3. The van der Waals surface area contributed by atoms with Gasteiger partial charge in [-0.3, -0.25) is 14.5 Å². The number of imide groups is 1. The first kappa shape index (κ1) is 21.4. The number of amides is 4. The summed E-state index contributed by atoms with van der Waals surface area (Å²) in [5.41, 5.74) is 0.612. The van der Waals surface area contributed by atoms with E-state index in [0.717, 1.165) is 16.2 Å². The molecule has 30 heavy (non-hydrogen) atoms. The lowest BCUT2D eigenvalue weighted by Gasteiger charge is -2.13. The molecular formula is C19H19FN4O5S. The van der Waals surface area contributed by atoms with E-state index >= 15 is 0 Å². The van der Waals surface area contributed by atoms with Crippen molar-refractivity contribution in [2.75, 3.05) is 12.4 Å². The third-order valence-electron chi connectivity index (χ3n) is 4.42. The summed E-state index contributed by atoms with van der Waals surface area (Å²) in [6, 6.07) is 4.20. The molecule has 0 saturated carbocycles. The zero-order valence-electron chi connectivity index (χ0n) is 16.2. The minimum Gasteiger partial charge on any atom is -0.464 e. The van der Waals surface area contributed by atoms with Gasteiger partial charge in [-0.2, -0.15) is 0 Å². The fourth-order valence-electron chi connectivity index (χ4n) is 2.93. The van der Waals surface area contributed by atoms with Crippen LogP contribution in [0, 0.1) is 12.7 Å². The van der Waals surface area contributed by atoms with E-state index in [1.165, 1.54) is 25.3 Å². The molecule has 1 fully saturated rings. The van der Waals surface area contributed by atoms with Crippen molar-refractivity contribution in [1.29, 1.82) is 0 Å². The lowest BCUT2D eigenvalue weighted by Crippen LogP contribution is -2.31. The molecule has 9 nitrogen and oxygen atoms in total. The summed E-state index contributed by atoms with van der Waals surface area (Å²) < 4.78 is 17.9. The third kappa shape index (κ3) is 4.79. The van der Waals surface area contributed by atoms with E-state index in [1.807, 2.05) is 0 Å². The van der Waals surface area contributed by atoms with Crippen LogP contribution in [0.1, 0.15) is 33.8 Å². The molecule has 1 aromatic carbocycles. The van der Waals surface area contributed by atoms with Crippen molar-refractivity contribution in [1.82, 2.24) is 15.2 Å². The number of halogens is 1. The normalized spacial score (nSPS) is 15.8. The second kappa shape index (κ2) is 8.99. The van der Waals surface area contributed by atoms with Gasteiger partial charge in [0.05, 0.1) is 13.7 Å². The fourth-order valence-corrected chi connectivity index (χ4v) is 3.75. The van der Waals surface area contributed by atoms with Gasteiger partial charge in [-0.05, 0) is 31.0 Å². The van der Waals surface area contributed by atoms with Crippen LogP contribution in [0.15, 0.2) is 24.3 Å². The van der Waals surface area contributed by atoms with Gasteiger partial charge in [-0.25, -0.2) is 19.0 Å². The second-order valence-corrected chi connectivity index (χ2v) is 7.76. The summed E-state index contributed by atoms with van der Waals surface area (Å²) in [4.78, 5) is 54.0. The van der Waals surface area contributed by atoms with Gasteiger partial charge in [0.25, 0.3) is 5.91 Å². The van der Waals surface area contributed by atoms with E-state index in [9.17, 15) is 23.6 Å². The lowest BCUT2D eigenvalue weighted by molar-refractivity contribution is -0.128. The van der Waals surface area contributed by atoms with E-state index < -0.39 is 35.7 Å². The number of esters is 1. The van der Waals surface area contributed by atoms with E-state index in [-0.39, 0.29) is 30.2 Å². The molecule has 1 aromatic heterocycles. The standard InChI is InChI=1S/C19H19FN4O5S/c1-10-15(17(27)29-2)23-18(30-10)22-14(25)7-6-13-16(26)24(19(28)21-13)9-11-4-3-5-12(20)8-11/h3-5,8,13H,6-7,9H2,1-2H3,(H,21,28)(H,22,23,25). The molecule has 2 N–H and O–H groups in total. The van der Waals surface area contributed by atoms with Crippen molar-refractivity contribution in [3.05, 3.63) is 46.2 Å². The number of urea groups is 1. The van der Waals surface area contributed by atoms with Gasteiger partial charge in [0.1, 0.15) is 11.9 Å². The monoisotopic (exact) mass is 434 g/mol. The number of carbonyl (C=O) groups is 4. The SMILES string of the molecule is COC(=O)c1nc(NC(=O)CCC2NC(=O)N(Cc3cccc(F)c3)C2=O)sc1C. The first-order chi connectivity index (χ1) is 14.3. The van der Waals surface area contributed by atoms with Crippen molar-refractivity contribution in [3.8, 4) is 0 Å². The Morgan fingerprint density at radius 2 is 2.13 bits per heavy atom. The molecule has 1 unspecified atom stereocenters. The van der Waals surface area contributed by atoms with Gasteiger partial charge < -0.3 is 15.4 Å². The highest BCUT2D eigenvalue weighted by Gasteiger charge is 2.37. The Bertz CT molecular complexity index is 1010. The molecule has 0 radical (unpaired) electrons. The molecule has 0 spiro atoms. The molecule has 2 aromatic rings. The van der Waals surface area contributed by atoms with Gasteiger partial charge in [0.15, 0.2) is 10.8 Å². The highest BCUT2D eigenvalue weighted by atomic mass is 32.1. The Morgan fingerprint density at radius 1 is 1.37 bits per heavy atom. The average Bonchev–Trinajstić information content (AvgIpc) is 3.19. The number of anilines is 1. The first-order valence-electron chi connectivity index (χ1n) is 9.00. The molecule has 1 saturated heterocycles. The zero-order chi connectivity index (χ0) is 21.8. The van der Waals surface area contributed by atoms with Crippen LogP contribution < -0.4 is 10.6 Å². The number of hydrogen-bond acceptors (Lipinski definition) is 7. The highest BCUT2D eigenvalue weighted by molar-refractivity contribution is 7.16. The van der Waals surface area contributed by atoms with Gasteiger partial charge >= 0.3 is 12.0 Å². The summed E-state index contributed by atoms with van der Waals surface area (Å²) in [6.45, 7) is 1.62. The number of aryl methyl sites for hydroxylation is 1. The maximum atomic E-state index is 13.3. The van der Waals surface area contributed by atoms with Crippen LogP contribution in [0.3, 0.4) is 0 Å². The Balaban J connectivity index is 1.54. The number of aromatic nitrogens is 1. The van der Waals surface area contributed by atoms with E-state index in [2.05, 4.69) is 20.4 Å². The topological polar surface area (TPSA) is 118 Å². The number of ether oxygens (including phenoxy) is 1. The van der Waals surface area contributed by atoms with Crippen LogP contribution >= 0.6 is 11.3 Å². The van der Waals surface area contributed by atoms with Crippen LogP contribution in [0.4, 0.5) is 14.3 Å². The summed E-state index contributed by atoms with van der Waals surface area (Å²) >= 11 is 1.13. The molecule has 0 aliphatic carbocycles. The van der Waals surface area contributed by atoms with Gasteiger partial charge in [-0.1, -0.05) is 12.1 Å². The maximum Gasteiger partial charge on any atom is 0.357 e. The molecular weight excluding hydrogens is 415 g/mol. The third-order valence-corrected chi connectivity index (χ3v) is 5.30.